The molecule has 0 aliphatic rings. The molecule has 5 nitrogen and oxygen atoms in total. The van der Waals surface area contributed by atoms with E-state index < -0.39 is 0 Å². The van der Waals surface area contributed by atoms with Crippen molar-refractivity contribution in [3.05, 3.63) is 24.3 Å². The van der Waals surface area contributed by atoms with Gasteiger partial charge in [0.2, 0.25) is 0 Å². The Balaban J connectivity index is 2.33. The molecule has 2 N–H and O–H groups in total. The van der Waals surface area contributed by atoms with Crippen LogP contribution in [0.2, 0.25) is 0 Å². The fourth-order valence-corrected chi connectivity index (χ4v) is 1.44. The summed E-state index contributed by atoms with van der Waals surface area (Å²) in [6.07, 6.45) is 0.708. The van der Waals surface area contributed by atoms with Crippen molar-refractivity contribution in [3.63, 3.8) is 0 Å². The predicted octanol–water partition coefficient (Wildman–Crippen LogP) is 2.16. The van der Waals surface area contributed by atoms with Crippen molar-refractivity contribution in [1.29, 1.82) is 0 Å². The SMILES string of the molecule is CCC(C)C(=O)Oc1nc2ccccc2nc1N. The molecule has 0 bridgehead atoms. The van der Waals surface area contributed by atoms with Gasteiger partial charge in [0.15, 0.2) is 5.82 Å². The zero-order valence-corrected chi connectivity index (χ0v) is 10.4. The number of esters is 1. The number of carbonyl (C=O) groups excluding carboxylic acids is 1. The van der Waals surface area contributed by atoms with E-state index in [0.29, 0.717) is 17.5 Å². The molecule has 1 aromatic carbocycles. The number of carbonyl (C=O) groups is 1. The van der Waals surface area contributed by atoms with Gasteiger partial charge in [-0.05, 0) is 18.6 Å². The van der Waals surface area contributed by atoms with Gasteiger partial charge in [0.25, 0.3) is 5.88 Å². The van der Waals surface area contributed by atoms with Gasteiger partial charge in [0.1, 0.15) is 0 Å². The number of hydrogen-bond acceptors (Lipinski definition) is 5. The second-order valence-corrected chi connectivity index (χ2v) is 4.13. The van der Waals surface area contributed by atoms with E-state index in [1.165, 1.54) is 0 Å². The normalized spacial score (nSPS) is 12.3. The number of nitrogen functional groups attached to an aromatic ring is 1. The van der Waals surface area contributed by atoms with Crippen LogP contribution in [0.5, 0.6) is 5.88 Å². The minimum absolute atomic E-state index is 0.0824. The quantitative estimate of drug-likeness (QED) is 0.838. The summed E-state index contributed by atoms with van der Waals surface area (Å²) >= 11 is 0. The number of hydrogen-bond donors (Lipinski definition) is 1. The van der Waals surface area contributed by atoms with Crippen LogP contribution in [0.4, 0.5) is 5.82 Å². The molecule has 2 aromatic rings. The molecule has 0 saturated heterocycles. The van der Waals surface area contributed by atoms with Gasteiger partial charge in [0.05, 0.1) is 17.0 Å². The van der Waals surface area contributed by atoms with Crippen molar-refractivity contribution in [1.82, 2.24) is 9.97 Å². The Hall–Kier alpha value is -2.17. The number of nitrogens with zero attached hydrogens (tertiary/aromatic N) is 2. The van der Waals surface area contributed by atoms with Crippen LogP contribution in [0.15, 0.2) is 24.3 Å². The van der Waals surface area contributed by atoms with Crippen LogP contribution >= 0.6 is 0 Å². The predicted molar refractivity (Wildman–Crippen MR) is 69.0 cm³/mol. The summed E-state index contributed by atoms with van der Waals surface area (Å²) in [5.41, 5.74) is 7.06. The number of anilines is 1. The molecule has 0 aliphatic carbocycles. The van der Waals surface area contributed by atoms with Crippen molar-refractivity contribution >= 4 is 22.8 Å². The first kappa shape index (κ1) is 12.3. The maximum absolute atomic E-state index is 11.7. The van der Waals surface area contributed by atoms with Gasteiger partial charge < -0.3 is 10.5 Å². The molecule has 94 valence electrons. The third-order valence-corrected chi connectivity index (χ3v) is 2.78. The van der Waals surface area contributed by atoms with E-state index >= 15 is 0 Å². The van der Waals surface area contributed by atoms with Crippen molar-refractivity contribution in [2.75, 3.05) is 5.73 Å². The Morgan fingerprint density at radius 3 is 2.56 bits per heavy atom. The van der Waals surface area contributed by atoms with E-state index in [-0.39, 0.29) is 23.6 Å². The number of benzene rings is 1. The second-order valence-electron chi connectivity index (χ2n) is 4.13. The molecule has 0 amide bonds. The van der Waals surface area contributed by atoms with Crippen LogP contribution in [0.1, 0.15) is 20.3 Å². The lowest BCUT2D eigenvalue weighted by atomic mass is 10.1. The molecule has 0 radical (unpaired) electrons. The van der Waals surface area contributed by atoms with Crippen LogP contribution in [-0.2, 0) is 4.79 Å². The molecule has 0 spiro atoms. The number of nitrogens with two attached hydrogens (primary N) is 1. The Morgan fingerprint density at radius 1 is 1.33 bits per heavy atom. The maximum atomic E-state index is 11.7. The van der Waals surface area contributed by atoms with Crippen LogP contribution < -0.4 is 10.5 Å². The number of aromatic nitrogens is 2. The monoisotopic (exact) mass is 245 g/mol. The van der Waals surface area contributed by atoms with Gasteiger partial charge >= 0.3 is 5.97 Å². The van der Waals surface area contributed by atoms with Gasteiger partial charge in [-0.3, -0.25) is 4.79 Å². The van der Waals surface area contributed by atoms with Crippen LogP contribution in [-0.4, -0.2) is 15.9 Å². The van der Waals surface area contributed by atoms with Gasteiger partial charge in [-0.2, -0.15) is 0 Å². The van der Waals surface area contributed by atoms with Crippen molar-refractivity contribution < 1.29 is 9.53 Å². The summed E-state index contributed by atoms with van der Waals surface area (Å²) in [4.78, 5) is 20.0. The second kappa shape index (κ2) is 5.00. The molecule has 2 rings (SSSR count). The van der Waals surface area contributed by atoms with Crippen molar-refractivity contribution in [2.45, 2.75) is 20.3 Å². The van der Waals surface area contributed by atoms with E-state index in [2.05, 4.69) is 9.97 Å². The maximum Gasteiger partial charge on any atom is 0.315 e. The Kier molecular flexibility index (Phi) is 3.41. The fraction of sp³-hybridized carbons (Fsp3) is 0.308. The van der Waals surface area contributed by atoms with Gasteiger partial charge in [-0.15, -0.1) is 0 Å². The van der Waals surface area contributed by atoms with E-state index in [9.17, 15) is 4.79 Å². The fourth-order valence-electron chi connectivity index (χ4n) is 1.44. The molecule has 18 heavy (non-hydrogen) atoms. The smallest absolute Gasteiger partial charge is 0.315 e. The standard InChI is InChI=1S/C13H15N3O2/c1-3-8(2)13(17)18-12-11(14)15-9-6-4-5-7-10(9)16-12/h4-8H,3H2,1-2H3,(H2,14,15). The number of ether oxygens (including phenoxy) is 1. The summed E-state index contributed by atoms with van der Waals surface area (Å²) in [6, 6.07) is 7.29. The lowest BCUT2D eigenvalue weighted by molar-refractivity contribution is -0.138. The van der Waals surface area contributed by atoms with E-state index in [4.69, 9.17) is 10.5 Å². The number of para-hydroxylation sites is 2. The molecule has 0 aliphatic heterocycles. The first-order chi connectivity index (χ1) is 8.61. The summed E-state index contributed by atoms with van der Waals surface area (Å²) < 4.78 is 5.17. The minimum Gasteiger partial charge on any atom is -0.403 e. The Labute approximate surface area is 105 Å². The summed E-state index contributed by atoms with van der Waals surface area (Å²) in [7, 11) is 0. The summed E-state index contributed by atoms with van der Waals surface area (Å²) in [6.45, 7) is 3.72. The highest BCUT2D eigenvalue weighted by atomic mass is 16.5. The molecule has 1 atom stereocenters. The number of rotatable bonds is 3. The molecule has 1 aromatic heterocycles. The lowest BCUT2D eigenvalue weighted by Gasteiger charge is -2.09. The first-order valence-electron chi connectivity index (χ1n) is 5.85. The van der Waals surface area contributed by atoms with E-state index in [1.54, 1.807) is 19.1 Å². The molecule has 1 unspecified atom stereocenters. The summed E-state index contributed by atoms with van der Waals surface area (Å²) in [5, 5.41) is 0. The van der Waals surface area contributed by atoms with Crippen LogP contribution in [0, 0.1) is 5.92 Å². The van der Waals surface area contributed by atoms with Crippen molar-refractivity contribution in [3.8, 4) is 5.88 Å². The van der Waals surface area contributed by atoms with Crippen molar-refractivity contribution in [2.24, 2.45) is 5.92 Å². The minimum atomic E-state index is -0.339. The zero-order valence-electron chi connectivity index (χ0n) is 10.4. The summed E-state index contributed by atoms with van der Waals surface area (Å²) in [5.74, 6) is -0.309. The zero-order chi connectivity index (χ0) is 13.1. The molecule has 5 heteroatoms. The molecule has 0 fully saturated rings. The third kappa shape index (κ3) is 2.40. The van der Waals surface area contributed by atoms with Crippen LogP contribution in [0.3, 0.4) is 0 Å². The first-order valence-corrected chi connectivity index (χ1v) is 5.85. The average Bonchev–Trinajstić information content (AvgIpc) is 2.38. The molecular formula is C13H15N3O2. The number of fused-ring (bicyclic) bond motifs is 1. The average molecular weight is 245 g/mol. The van der Waals surface area contributed by atoms with Gasteiger partial charge in [-0.1, -0.05) is 26.0 Å². The highest BCUT2D eigenvalue weighted by Gasteiger charge is 2.16. The highest BCUT2D eigenvalue weighted by molar-refractivity contribution is 5.79. The largest absolute Gasteiger partial charge is 0.403 e. The van der Waals surface area contributed by atoms with Gasteiger partial charge in [0, 0.05) is 0 Å². The van der Waals surface area contributed by atoms with E-state index in [1.807, 2.05) is 19.1 Å². The van der Waals surface area contributed by atoms with Crippen LogP contribution in [0.25, 0.3) is 11.0 Å². The Bertz CT molecular complexity index is 583. The highest BCUT2D eigenvalue weighted by Crippen LogP contribution is 2.21. The molecule has 0 saturated carbocycles. The third-order valence-electron chi connectivity index (χ3n) is 2.78. The Morgan fingerprint density at radius 2 is 1.94 bits per heavy atom. The topological polar surface area (TPSA) is 78.1 Å². The lowest BCUT2D eigenvalue weighted by Crippen LogP contribution is -2.18. The molecular weight excluding hydrogens is 230 g/mol. The molecule has 1 heterocycles. The van der Waals surface area contributed by atoms with E-state index in [0.717, 1.165) is 0 Å². The van der Waals surface area contributed by atoms with Gasteiger partial charge in [-0.25, -0.2) is 9.97 Å².